The number of rotatable bonds is 7. The number of terminal acetylenes is 1. The maximum absolute atomic E-state index is 14.1. The molecule has 0 aromatic heterocycles. The fourth-order valence-electron chi connectivity index (χ4n) is 5.90. The number of phenols is 1. The molecule has 2 N–H and O–H groups in total. The lowest BCUT2D eigenvalue weighted by atomic mass is 9.98. The third kappa shape index (κ3) is 6.66. The van der Waals surface area contributed by atoms with Gasteiger partial charge in [0.2, 0.25) is 11.8 Å². The Kier molecular flexibility index (Phi) is 9.45. The van der Waals surface area contributed by atoms with Gasteiger partial charge >= 0.3 is 6.03 Å². The summed E-state index contributed by atoms with van der Waals surface area (Å²) in [4.78, 5) is 44.9. The number of carbonyl (C=O) groups excluding carboxylic acids is 3. The Labute approximate surface area is 262 Å². The van der Waals surface area contributed by atoms with Crippen molar-refractivity contribution < 1.29 is 29.0 Å². The van der Waals surface area contributed by atoms with Crippen molar-refractivity contribution in [2.75, 3.05) is 32.8 Å². The van der Waals surface area contributed by atoms with Crippen LogP contribution in [0, 0.1) is 12.3 Å². The summed E-state index contributed by atoms with van der Waals surface area (Å²) < 4.78 is 11.4. The van der Waals surface area contributed by atoms with Crippen LogP contribution < -0.4 is 14.8 Å². The predicted octanol–water partition coefficient (Wildman–Crippen LogP) is 2.98. The minimum Gasteiger partial charge on any atom is -0.508 e. The average molecular weight is 612 g/mol. The molecule has 11 nitrogen and oxygen atoms in total. The van der Waals surface area contributed by atoms with Gasteiger partial charge in [0.05, 0.1) is 19.6 Å². The number of amides is 4. The molecule has 234 valence electrons. The third-order valence-electron chi connectivity index (χ3n) is 7.94. The molecule has 3 aromatic carbocycles. The highest BCUT2D eigenvalue weighted by Crippen LogP contribution is 2.33. The van der Waals surface area contributed by atoms with Gasteiger partial charge in [0.25, 0.3) is 0 Å². The smallest absolute Gasteiger partial charge is 0.334 e. The van der Waals surface area contributed by atoms with Crippen molar-refractivity contribution in [2.24, 2.45) is 0 Å². The Morgan fingerprint density at radius 2 is 1.67 bits per heavy atom. The number of urea groups is 1. The minimum absolute atomic E-state index is 0. The molecular formula is C34H37N5O6. The van der Waals surface area contributed by atoms with Crippen LogP contribution in [0.1, 0.15) is 24.1 Å². The number of nitrogens with zero attached hydrogens (tertiary/aromatic N) is 4. The monoisotopic (exact) mass is 611 g/mol. The van der Waals surface area contributed by atoms with Crippen LogP contribution in [0.15, 0.2) is 72.8 Å². The molecule has 0 saturated carbocycles. The fourth-order valence-corrected chi connectivity index (χ4v) is 5.90. The first-order valence-electron chi connectivity index (χ1n) is 14.5. The maximum Gasteiger partial charge on any atom is 0.334 e. The van der Waals surface area contributed by atoms with Gasteiger partial charge in [-0.05, 0) is 41.0 Å². The number of hydrogen-bond acceptors (Lipinski definition) is 7. The van der Waals surface area contributed by atoms with Crippen molar-refractivity contribution in [3.8, 4) is 29.6 Å². The van der Waals surface area contributed by atoms with E-state index >= 15 is 0 Å². The van der Waals surface area contributed by atoms with Gasteiger partial charge in [0, 0.05) is 19.5 Å². The number of carbonyl (C=O) groups is 3. The summed E-state index contributed by atoms with van der Waals surface area (Å²) >= 11 is 0. The van der Waals surface area contributed by atoms with E-state index < -0.39 is 18.2 Å². The maximum atomic E-state index is 14.1. The number of phenolic OH excluding ortho intramolecular Hbond substituents is 1. The van der Waals surface area contributed by atoms with Crippen molar-refractivity contribution >= 4 is 17.8 Å². The van der Waals surface area contributed by atoms with Crippen molar-refractivity contribution in [3.05, 3.63) is 89.5 Å². The van der Waals surface area contributed by atoms with Crippen LogP contribution in [-0.4, -0.2) is 87.8 Å². The molecule has 4 amide bonds. The molecule has 2 fully saturated rings. The first-order chi connectivity index (χ1) is 21.4. The Morgan fingerprint density at radius 3 is 2.40 bits per heavy atom. The van der Waals surface area contributed by atoms with Crippen LogP contribution in [-0.2, 0) is 29.1 Å². The summed E-state index contributed by atoms with van der Waals surface area (Å²) in [5.74, 6) is 3.37. The van der Waals surface area contributed by atoms with E-state index in [9.17, 15) is 19.5 Å². The number of hydrazine groups is 1. The molecule has 0 radical (unpaired) electrons. The molecule has 0 aliphatic carbocycles. The van der Waals surface area contributed by atoms with E-state index in [1.807, 2.05) is 48.5 Å². The van der Waals surface area contributed by atoms with Crippen LogP contribution in [0.3, 0.4) is 0 Å². The molecule has 0 bridgehead atoms. The van der Waals surface area contributed by atoms with Gasteiger partial charge in [-0.1, -0.05) is 61.9 Å². The Balaban J connectivity index is 0.00000400. The van der Waals surface area contributed by atoms with Gasteiger partial charge in [-0.2, -0.15) is 5.01 Å². The molecule has 3 aromatic rings. The topological polar surface area (TPSA) is 115 Å². The van der Waals surface area contributed by atoms with Crippen LogP contribution in [0.25, 0.3) is 0 Å². The highest BCUT2D eigenvalue weighted by Gasteiger charge is 2.51. The fraction of sp³-hybridized carbons (Fsp3) is 0.324. The third-order valence-corrected chi connectivity index (χ3v) is 7.94. The minimum atomic E-state index is -0.889. The highest BCUT2D eigenvalue weighted by molar-refractivity contribution is 5.91. The number of ether oxygens (including phenoxy) is 2. The highest BCUT2D eigenvalue weighted by atomic mass is 16.6. The molecule has 3 heterocycles. The van der Waals surface area contributed by atoms with Crippen molar-refractivity contribution in [1.82, 2.24) is 25.1 Å². The largest absolute Gasteiger partial charge is 0.508 e. The van der Waals surface area contributed by atoms with Gasteiger partial charge in [0.15, 0.2) is 11.5 Å². The quantitative estimate of drug-likeness (QED) is 0.395. The molecule has 0 spiro atoms. The zero-order valence-electron chi connectivity index (χ0n) is 24.1. The SMILES string of the molecule is C.C#CCN1CC(=O)N2[C@@H](Cc3ccc(O)cc3)C(=O)N(Cc3ccc4c(c3)OCCO4)C[C@@H]2N1C(=O)NCc1ccccc1. The second kappa shape index (κ2) is 13.6. The Hall–Kier alpha value is -5.21. The normalized spacial score (nSPS) is 19.3. The van der Waals surface area contributed by atoms with Crippen molar-refractivity contribution in [2.45, 2.75) is 39.1 Å². The average Bonchev–Trinajstić information content (AvgIpc) is 3.03. The lowest BCUT2D eigenvalue weighted by Crippen LogP contribution is -2.76. The number of hydrogen-bond donors (Lipinski definition) is 2. The summed E-state index contributed by atoms with van der Waals surface area (Å²) in [6.45, 7) is 1.37. The Morgan fingerprint density at radius 1 is 0.956 bits per heavy atom. The molecule has 2 saturated heterocycles. The van der Waals surface area contributed by atoms with E-state index in [1.165, 1.54) is 9.91 Å². The van der Waals surface area contributed by atoms with Gasteiger partial charge in [-0.15, -0.1) is 6.42 Å². The zero-order valence-corrected chi connectivity index (χ0v) is 24.1. The van der Waals surface area contributed by atoms with E-state index in [4.69, 9.17) is 15.9 Å². The molecule has 0 unspecified atom stereocenters. The lowest BCUT2D eigenvalue weighted by Gasteiger charge is -2.55. The number of nitrogens with one attached hydrogen (secondary N) is 1. The number of fused-ring (bicyclic) bond motifs is 2. The van der Waals surface area contributed by atoms with Crippen LogP contribution >= 0.6 is 0 Å². The van der Waals surface area contributed by atoms with Gasteiger partial charge in [-0.25, -0.2) is 9.80 Å². The Bertz CT molecular complexity index is 1570. The van der Waals surface area contributed by atoms with Crippen molar-refractivity contribution in [3.63, 3.8) is 0 Å². The first kappa shape index (κ1) is 31.2. The predicted molar refractivity (Wildman–Crippen MR) is 167 cm³/mol. The molecule has 3 aliphatic rings. The number of benzene rings is 3. The summed E-state index contributed by atoms with van der Waals surface area (Å²) in [5.41, 5.74) is 2.50. The molecule has 11 heteroatoms. The van der Waals surface area contributed by atoms with Gasteiger partial charge in [-0.3, -0.25) is 9.59 Å². The standard InChI is InChI=1S/C33H33N5O6.CH4/c1-2-14-36-22-31(40)37-27(17-23-8-11-26(39)12-9-23)32(41)35(20-25-10-13-28-29(18-25)44-16-15-43-28)21-30(37)38(36)33(42)34-19-24-6-4-3-5-7-24;/h1,3-13,18,27,30,39H,14-17,19-22H2,(H,34,42);1H4/t27-,30-;/m0./s1. The van der Waals surface area contributed by atoms with Crippen LogP contribution in [0.4, 0.5) is 4.79 Å². The molecule has 3 aliphatic heterocycles. The molecule has 45 heavy (non-hydrogen) atoms. The second-order valence-electron chi connectivity index (χ2n) is 10.9. The zero-order chi connectivity index (χ0) is 30.6. The van der Waals surface area contributed by atoms with E-state index in [-0.39, 0.29) is 64.1 Å². The van der Waals surface area contributed by atoms with E-state index in [2.05, 4.69) is 11.2 Å². The summed E-state index contributed by atoms with van der Waals surface area (Å²) in [7, 11) is 0. The van der Waals surface area contributed by atoms with Gasteiger partial charge < -0.3 is 29.7 Å². The van der Waals surface area contributed by atoms with Crippen molar-refractivity contribution in [1.29, 1.82) is 0 Å². The number of piperazine rings is 1. The van der Waals surface area contributed by atoms with Gasteiger partial charge in [0.1, 0.15) is 31.2 Å². The van der Waals surface area contributed by atoms with Crippen LogP contribution in [0.5, 0.6) is 17.2 Å². The lowest BCUT2D eigenvalue weighted by molar-refractivity contribution is -0.189. The number of aromatic hydroxyl groups is 1. The summed E-state index contributed by atoms with van der Waals surface area (Å²) in [6.07, 6.45) is 5.06. The van der Waals surface area contributed by atoms with E-state index in [0.29, 0.717) is 24.7 Å². The molecule has 6 rings (SSSR count). The summed E-state index contributed by atoms with van der Waals surface area (Å²) in [5, 5.41) is 15.8. The molecular weight excluding hydrogens is 574 g/mol. The van der Waals surface area contributed by atoms with E-state index in [0.717, 1.165) is 16.7 Å². The second-order valence-corrected chi connectivity index (χ2v) is 10.9. The van der Waals surface area contributed by atoms with E-state index in [1.54, 1.807) is 34.2 Å². The first-order valence-corrected chi connectivity index (χ1v) is 14.5. The summed E-state index contributed by atoms with van der Waals surface area (Å²) in [6, 6.07) is 20.3. The van der Waals surface area contributed by atoms with Crippen LogP contribution in [0.2, 0.25) is 0 Å². The molecule has 2 atom stereocenters.